The highest BCUT2D eigenvalue weighted by Crippen LogP contribution is 2.66. The second-order valence-electron chi connectivity index (χ2n) is 9.86. The van der Waals surface area contributed by atoms with Gasteiger partial charge in [0.15, 0.2) is 0 Å². The Morgan fingerprint density at radius 3 is 2.67 bits per heavy atom. The molecule has 2 unspecified atom stereocenters. The van der Waals surface area contributed by atoms with E-state index in [1.807, 2.05) is 45.9 Å². The van der Waals surface area contributed by atoms with Crippen molar-refractivity contribution in [2.24, 2.45) is 17.8 Å². The van der Waals surface area contributed by atoms with Gasteiger partial charge in [-0.15, -0.1) is 11.8 Å². The molecule has 0 radical (unpaired) electrons. The summed E-state index contributed by atoms with van der Waals surface area (Å²) in [5, 5.41) is 16.2. The third-order valence-electron chi connectivity index (χ3n) is 8.03. The van der Waals surface area contributed by atoms with Crippen LogP contribution in [0.1, 0.15) is 44.2 Å². The summed E-state index contributed by atoms with van der Waals surface area (Å²) in [5.41, 5.74) is 2.72. The highest BCUT2D eigenvalue weighted by Gasteiger charge is 2.74. The van der Waals surface area contributed by atoms with Crippen molar-refractivity contribution in [1.82, 2.24) is 10.2 Å². The van der Waals surface area contributed by atoms with Gasteiger partial charge in [-0.1, -0.05) is 32.4 Å². The van der Waals surface area contributed by atoms with Gasteiger partial charge < -0.3 is 20.6 Å². The molecule has 0 aromatic heterocycles. The predicted molar refractivity (Wildman–Crippen MR) is 130 cm³/mol. The number of aliphatic hydroxyl groups is 1. The largest absolute Gasteiger partial charge is 0.394 e. The number of hydrogen-bond donors (Lipinski definition) is 3. The standard InChI is InChI=1S/C25H35N3O4S/c1-6-14(3)17(12-29)28-21(23(31)27-16-11-13(2)7-8-15(16)4)25-10-9-18(33-25)19(22(30)26-5)20(25)24(28)32/h7-8,11,14,17-21,29H,6,9-10,12H2,1-5H3,(H,26,30)(H,27,31)/t14-,17-,18-,19+,20-,21?,25?/m0/s1. The summed E-state index contributed by atoms with van der Waals surface area (Å²) in [6.45, 7) is 7.73. The molecule has 3 aliphatic rings. The third kappa shape index (κ3) is 3.66. The molecule has 4 rings (SSSR count). The van der Waals surface area contributed by atoms with Crippen LogP contribution < -0.4 is 10.6 Å². The van der Waals surface area contributed by atoms with E-state index in [0.29, 0.717) is 6.42 Å². The van der Waals surface area contributed by atoms with Gasteiger partial charge in [-0.25, -0.2) is 0 Å². The van der Waals surface area contributed by atoms with Crippen molar-refractivity contribution in [2.45, 2.75) is 69.0 Å². The summed E-state index contributed by atoms with van der Waals surface area (Å²) >= 11 is 1.64. The Bertz CT molecular complexity index is 969. The van der Waals surface area contributed by atoms with Crippen molar-refractivity contribution in [3.8, 4) is 0 Å². The SMILES string of the molecule is CC[C@H](C)[C@H](CO)N1C(=O)[C@@H]2[C@H](C(=O)NC)[C@@H]3CCC2(S3)C1C(=O)Nc1cc(C)ccc1C. The zero-order valence-electron chi connectivity index (χ0n) is 20.1. The molecule has 1 spiro atoms. The number of amides is 3. The molecular weight excluding hydrogens is 438 g/mol. The molecular formula is C25H35N3O4S. The monoisotopic (exact) mass is 473 g/mol. The van der Waals surface area contributed by atoms with Crippen molar-refractivity contribution < 1.29 is 19.5 Å². The fraction of sp³-hybridized carbons (Fsp3) is 0.640. The van der Waals surface area contributed by atoms with Gasteiger partial charge in [-0.2, -0.15) is 0 Å². The number of fused-ring (bicyclic) bond motifs is 1. The second-order valence-corrected chi connectivity index (χ2v) is 11.5. The van der Waals surface area contributed by atoms with Crippen LogP contribution >= 0.6 is 11.8 Å². The first-order valence-electron chi connectivity index (χ1n) is 11.9. The van der Waals surface area contributed by atoms with Crippen molar-refractivity contribution in [1.29, 1.82) is 0 Å². The first-order chi connectivity index (χ1) is 15.7. The second kappa shape index (κ2) is 8.95. The molecule has 3 N–H and O–H groups in total. The number of nitrogens with one attached hydrogen (secondary N) is 2. The average molecular weight is 474 g/mol. The first kappa shape index (κ1) is 24.1. The van der Waals surface area contributed by atoms with E-state index in [1.165, 1.54) is 0 Å². The van der Waals surface area contributed by atoms with Gasteiger partial charge in [0.05, 0.1) is 29.2 Å². The van der Waals surface area contributed by atoms with Gasteiger partial charge in [-0.05, 0) is 49.8 Å². The Morgan fingerprint density at radius 1 is 1.30 bits per heavy atom. The number of rotatable bonds is 7. The van der Waals surface area contributed by atoms with E-state index in [2.05, 4.69) is 10.6 Å². The molecule has 3 fully saturated rings. The third-order valence-corrected chi connectivity index (χ3v) is 9.98. The number of carbonyl (C=O) groups excluding carboxylic acids is 3. The van der Waals surface area contributed by atoms with Gasteiger partial charge in [0, 0.05) is 18.0 Å². The van der Waals surface area contributed by atoms with Crippen LogP contribution in [0.5, 0.6) is 0 Å². The topological polar surface area (TPSA) is 98.7 Å². The van der Waals surface area contributed by atoms with Crippen LogP contribution in [0.25, 0.3) is 0 Å². The molecule has 1 aromatic carbocycles. The summed E-state index contributed by atoms with van der Waals surface area (Å²) < 4.78 is -0.651. The minimum Gasteiger partial charge on any atom is -0.394 e. The number of nitrogens with zero attached hydrogens (tertiary/aromatic N) is 1. The lowest BCUT2D eigenvalue weighted by atomic mass is 9.70. The van der Waals surface area contributed by atoms with E-state index in [-0.39, 0.29) is 35.5 Å². The van der Waals surface area contributed by atoms with E-state index in [4.69, 9.17) is 0 Å². The van der Waals surface area contributed by atoms with Crippen LogP contribution in [0.4, 0.5) is 5.69 Å². The van der Waals surface area contributed by atoms with E-state index >= 15 is 0 Å². The maximum atomic E-state index is 14.0. The molecule has 1 aromatic rings. The molecule has 7 atom stereocenters. The summed E-state index contributed by atoms with van der Waals surface area (Å²) in [4.78, 5) is 42.4. The van der Waals surface area contributed by atoms with E-state index in [0.717, 1.165) is 29.7 Å². The summed E-state index contributed by atoms with van der Waals surface area (Å²) in [6.07, 6.45) is 2.29. The number of aryl methyl sites for hydroxylation is 2. The number of aliphatic hydroxyl groups excluding tert-OH is 1. The molecule has 3 heterocycles. The highest BCUT2D eigenvalue weighted by molar-refractivity contribution is 8.02. The Morgan fingerprint density at radius 2 is 2.03 bits per heavy atom. The van der Waals surface area contributed by atoms with Crippen LogP contribution in [-0.4, -0.2) is 63.5 Å². The van der Waals surface area contributed by atoms with Crippen molar-refractivity contribution in [3.05, 3.63) is 29.3 Å². The Labute approximate surface area is 200 Å². The number of anilines is 1. The van der Waals surface area contributed by atoms with Crippen molar-refractivity contribution in [2.75, 3.05) is 19.0 Å². The molecule has 0 aliphatic carbocycles. The molecule has 3 saturated heterocycles. The predicted octanol–water partition coefficient (Wildman–Crippen LogP) is 2.49. The lowest BCUT2D eigenvalue weighted by Crippen LogP contribution is -2.56. The molecule has 3 aliphatic heterocycles. The zero-order valence-corrected chi connectivity index (χ0v) is 20.9. The van der Waals surface area contributed by atoms with E-state index < -0.39 is 28.7 Å². The van der Waals surface area contributed by atoms with E-state index in [9.17, 15) is 19.5 Å². The van der Waals surface area contributed by atoms with Crippen LogP contribution in [0.15, 0.2) is 18.2 Å². The number of hydrogen-bond acceptors (Lipinski definition) is 5. The van der Waals surface area contributed by atoms with Gasteiger partial charge in [0.2, 0.25) is 17.7 Å². The van der Waals surface area contributed by atoms with Crippen molar-refractivity contribution >= 4 is 35.2 Å². The minimum atomic E-state index is -0.731. The molecule has 7 nitrogen and oxygen atoms in total. The quantitative estimate of drug-likeness (QED) is 0.565. The minimum absolute atomic E-state index is 0.0193. The molecule has 2 bridgehead atoms. The first-order valence-corrected chi connectivity index (χ1v) is 12.8. The molecule has 0 saturated carbocycles. The molecule has 8 heteroatoms. The van der Waals surface area contributed by atoms with Crippen LogP contribution in [-0.2, 0) is 14.4 Å². The summed E-state index contributed by atoms with van der Waals surface area (Å²) in [5.74, 6) is -1.50. The molecule has 33 heavy (non-hydrogen) atoms. The normalized spacial score (nSPS) is 31.9. The highest BCUT2D eigenvalue weighted by atomic mass is 32.2. The maximum Gasteiger partial charge on any atom is 0.248 e. The van der Waals surface area contributed by atoms with E-state index in [1.54, 1.807) is 23.7 Å². The lowest BCUT2D eigenvalue weighted by Gasteiger charge is -2.39. The Hall–Kier alpha value is -2.06. The Kier molecular flexibility index (Phi) is 6.53. The number of benzene rings is 1. The average Bonchev–Trinajstić information content (AvgIpc) is 3.44. The Balaban J connectivity index is 1.78. The van der Waals surface area contributed by atoms with Gasteiger partial charge in [0.1, 0.15) is 6.04 Å². The maximum absolute atomic E-state index is 14.0. The fourth-order valence-electron chi connectivity index (χ4n) is 6.10. The van der Waals surface area contributed by atoms with Crippen LogP contribution in [0.2, 0.25) is 0 Å². The van der Waals surface area contributed by atoms with Gasteiger partial charge >= 0.3 is 0 Å². The fourth-order valence-corrected chi connectivity index (χ4v) is 8.31. The van der Waals surface area contributed by atoms with Crippen molar-refractivity contribution in [3.63, 3.8) is 0 Å². The van der Waals surface area contributed by atoms with Crippen LogP contribution in [0.3, 0.4) is 0 Å². The smallest absolute Gasteiger partial charge is 0.248 e. The van der Waals surface area contributed by atoms with Gasteiger partial charge in [-0.3, -0.25) is 14.4 Å². The number of likely N-dealkylation sites (tertiary alicyclic amines) is 1. The van der Waals surface area contributed by atoms with Crippen LogP contribution in [0, 0.1) is 31.6 Å². The number of thioether (sulfide) groups is 1. The number of carbonyl (C=O) groups is 3. The summed E-state index contributed by atoms with van der Waals surface area (Å²) in [6, 6.07) is 4.70. The zero-order chi connectivity index (χ0) is 24.1. The summed E-state index contributed by atoms with van der Waals surface area (Å²) in [7, 11) is 1.60. The lowest BCUT2D eigenvalue weighted by molar-refractivity contribution is -0.143. The van der Waals surface area contributed by atoms with Gasteiger partial charge in [0.25, 0.3) is 0 Å². The molecule has 3 amide bonds. The molecule has 180 valence electrons.